The highest BCUT2D eigenvalue weighted by atomic mass is 16.5. The Morgan fingerprint density at radius 3 is 2.56 bits per heavy atom. The third-order valence-corrected chi connectivity index (χ3v) is 5.86. The van der Waals surface area contributed by atoms with Gasteiger partial charge in [-0.1, -0.05) is 13.8 Å². The first kappa shape index (κ1) is 17.9. The monoisotopic (exact) mass is 365 g/mol. The van der Waals surface area contributed by atoms with E-state index in [1.807, 2.05) is 38.5 Å². The minimum absolute atomic E-state index is 0.250. The van der Waals surface area contributed by atoms with Crippen LogP contribution in [0.2, 0.25) is 0 Å². The molecule has 2 aliphatic rings. The largest absolute Gasteiger partial charge is 0.497 e. The van der Waals surface area contributed by atoms with Crippen LogP contribution < -0.4 is 14.5 Å². The van der Waals surface area contributed by atoms with Crippen molar-refractivity contribution in [3.63, 3.8) is 0 Å². The normalized spacial score (nSPS) is 22.8. The van der Waals surface area contributed by atoms with Crippen LogP contribution in [0.4, 0.5) is 17.1 Å². The van der Waals surface area contributed by atoms with Crippen LogP contribution in [0, 0.1) is 0 Å². The van der Waals surface area contributed by atoms with Crippen LogP contribution >= 0.6 is 0 Å². The zero-order valence-corrected chi connectivity index (χ0v) is 16.7. The van der Waals surface area contributed by atoms with Crippen LogP contribution in [-0.4, -0.2) is 46.3 Å². The second-order valence-electron chi connectivity index (χ2n) is 7.87. The molecule has 1 fully saturated rings. The molecule has 27 heavy (non-hydrogen) atoms. The molecule has 0 N–H and O–H groups in total. The lowest BCUT2D eigenvalue weighted by Gasteiger charge is -2.38. The molecule has 1 saturated heterocycles. The van der Waals surface area contributed by atoms with Crippen molar-refractivity contribution in [2.45, 2.75) is 25.0 Å². The quantitative estimate of drug-likeness (QED) is 0.768. The van der Waals surface area contributed by atoms with Gasteiger partial charge in [0.2, 0.25) is 0 Å². The fourth-order valence-corrected chi connectivity index (χ4v) is 4.19. The van der Waals surface area contributed by atoms with E-state index in [0.29, 0.717) is 6.61 Å². The molecule has 4 rings (SSSR count). The van der Waals surface area contributed by atoms with Crippen molar-refractivity contribution in [1.82, 2.24) is 0 Å². The molecule has 142 valence electrons. The number of ether oxygens (including phenoxy) is 2. The second kappa shape index (κ2) is 6.27. The summed E-state index contributed by atoms with van der Waals surface area (Å²) in [6.45, 7) is 5.99. The summed E-state index contributed by atoms with van der Waals surface area (Å²) in [5.41, 5.74) is 3.69. The van der Waals surface area contributed by atoms with Crippen molar-refractivity contribution in [3.8, 4) is 5.75 Å². The van der Waals surface area contributed by atoms with E-state index < -0.39 is 5.72 Å². The molecular weight excluding hydrogens is 338 g/mol. The fraction of sp³-hybridized carbons (Fsp3) is 0.409. The molecule has 1 atom stereocenters. The summed E-state index contributed by atoms with van der Waals surface area (Å²) in [6.07, 6.45) is 1.98. The van der Waals surface area contributed by atoms with E-state index in [0.717, 1.165) is 23.7 Å². The maximum absolute atomic E-state index is 6.35. The molecule has 5 heteroatoms. The molecule has 0 amide bonds. The zero-order valence-electron chi connectivity index (χ0n) is 16.7. The fourth-order valence-electron chi connectivity index (χ4n) is 4.19. The Morgan fingerprint density at radius 2 is 1.89 bits per heavy atom. The van der Waals surface area contributed by atoms with Gasteiger partial charge in [0.25, 0.3) is 0 Å². The van der Waals surface area contributed by atoms with Crippen molar-refractivity contribution in [1.29, 1.82) is 0 Å². The highest BCUT2D eigenvalue weighted by molar-refractivity contribution is 5.86. The van der Waals surface area contributed by atoms with Gasteiger partial charge in [-0.3, -0.25) is 4.99 Å². The van der Waals surface area contributed by atoms with E-state index in [4.69, 9.17) is 14.5 Å². The SMILES string of the molecule is COc1ccc2c(c1)C(C)(C)C1(/C=N/c3ccc(N(C)C)cc3)OCCN21. The topological polar surface area (TPSA) is 37.3 Å². The molecule has 2 heterocycles. The van der Waals surface area contributed by atoms with Crippen molar-refractivity contribution in [2.75, 3.05) is 44.2 Å². The number of fused-ring (bicyclic) bond motifs is 3. The predicted octanol–water partition coefficient (Wildman–Crippen LogP) is 3.99. The Kier molecular flexibility index (Phi) is 4.15. The van der Waals surface area contributed by atoms with Crippen LogP contribution in [0.1, 0.15) is 19.4 Å². The van der Waals surface area contributed by atoms with Crippen molar-refractivity contribution in [3.05, 3.63) is 48.0 Å². The summed E-state index contributed by atoms with van der Waals surface area (Å²) in [4.78, 5) is 9.22. The van der Waals surface area contributed by atoms with Gasteiger partial charge >= 0.3 is 0 Å². The standard InChI is InChI=1S/C22H27N3O2/c1-21(2)19-14-18(26-5)10-11-20(19)25-12-13-27-22(21,25)15-23-16-6-8-17(9-7-16)24(3)4/h6-11,14-15H,12-13H2,1-5H3/b23-15+. The average molecular weight is 365 g/mol. The van der Waals surface area contributed by atoms with Gasteiger partial charge in [0.05, 0.1) is 25.6 Å². The third kappa shape index (κ3) is 2.60. The Hall–Kier alpha value is -2.53. The minimum atomic E-state index is -0.581. The molecule has 0 aromatic heterocycles. The van der Waals surface area contributed by atoms with Crippen LogP contribution in [0.25, 0.3) is 0 Å². The molecule has 0 radical (unpaired) electrons. The van der Waals surface area contributed by atoms with Gasteiger partial charge in [-0.2, -0.15) is 0 Å². The molecule has 0 bridgehead atoms. The lowest BCUT2D eigenvalue weighted by molar-refractivity contribution is 0.0206. The van der Waals surface area contributed by atoms with Gasteiger partial charge in [-0.15, -0.1) is 0 Å². The third-order valence-electron chi connectivity index (χ3n) is 5.86. The molecule has 2 aliphatic heterocycles. The van der Waals surface area contributed by atoms with Crippen LogP contribution in [0.5, 0.6) is 5.75 Å². The first-order valence-electron chi connectivity index (χ1n) is 9.32. The highest BCUT2D eigenvalue weighted by Crippen LogP contribution is 2.54. The summed E-state index contributed by atoms with van der Waals surface area (Å²) in [5, 5.41) is 0. The molecule has 2 aromatic rings. The Bertz CT molecular complexity index is 874. The molecule has 0 aliphatic carbocycles. The van der Waals surface area contributed by atoms with E-state index in [1.165, 1.54) is 11.3 Å². The van der Waals surface area contributed by atoms with E-state index in [-0.39, 0.29) is 5.41 Å². The number of nitrogens with zero attached hydrogens (tertiary/aromatic N) is 3. The summed E-state index contributed by atoms with van der Waals surface area (Å²) in [6, 6.07) is 14.5. The Morgan fingerprint density at radius 1 is 1.15 bits per heavy atom. The number of methoxy groups -OCH3 is 1. The number of anilines is 2. The van der Waals surface area contributed by atoms with Crippen LogP contribution in [-0.2, 0) is 10.2 Å². The molecule has 2 aromatic carbocycles. The number of benzene rings is 2. The lowest BCUT2D eigenvalue weighted by Crippen LogP contribution is -2.54. The highest BCUT2D eigenvalue weighted by Gasteiger charge is 2.60. The first-order valence-corrected chi connectivity index (χ1v) is 9.32. The molecule has 5 nitrogen and oxygen atoms in total. The molecule has 0 spiro atoms. The van der Waals surface area contributed by atoms with Gasteiger partial charge in [0.1, 0.15) is 5.75 Å². The first-order chi connectivity index (χ1) is 12.9. The Balaban J connectivity index is 1.72. The van der Waals surface area contributed by atoms with Gasteiger partial charge in [0.15, 0.2) is 5.72 Å². The molecule has 0 saturated carbocycles. The zero-order chi connectivity index (χ0) is 19.2. The molecular formula is C22H27N3O2. The maximum Gasteiger partial charge on any atom is 0.187 e. The summed E-state index contributed by atoms with van der Waals surface area (Å²) >= 11 is 0. The number of aliphatic imine (C=N–C) groups is 1. The van der Waals surface area contributed by atoms with Gasteiger partial charge in [-0.25, -0.2) is 0 Å². The predicted molar refractivity (Wildman–Crippen MR) is 111 cm³/mol. The van der Waals surface area contributed by atoms with E-state index in [2.05, 4.69) is 47.9 Å². The Labute approximate surface area is 161 Å². The van der Waals surface area contributed by atoms with Crippen molar-refractivity contribution >= 4 is 23.3 Å². The van der Waals surface area contributed by atoms with E-state index in [9.17, 15) is 0 Å². The van der Waals surface area contributed by atoms with E-state index in [1.54, 1.807) is 7.11 Å². The van der Waals surface area contributed by atoms with Crippen LogP contribution in [0.15, 0.2) is 47.5 Å². The summed E-state index contributed by atoms with van der Waals surface area (Å²) < 4.78 is 11.8. The van der Waals surface area contributed by atoms with Gasteiger partial charge in [0, 0.05) is 37.4 Å². The summed E-state index contributed by atoms with van der Waals surface area (Å²) in [5.74, 6) is 0.870. The lowest BCUT2D eigenvalue weighted by atomic mass is 9.78. The minimum Gasteiger partial charge on any atom is -0.497 e. The number of hydrogen-bond donors (Lipinski definition) is 0. The van der Waals surface area contributed by atoms with E-state index >= 15 is 0 Å². The maximum atomic E-state index is 6.35. The van der Waals surface area contributed by atoms with Gasteiger partial charge < -0.3 is 19.3 Å². The van der Waals surface area contributed by atoms with Gasteiger partial charge in [-0.05, 0) is 48.0 Å². The average Bonchev–Trinajstić information content (AvgIpc) is 3.17. The smallest absolute Gasteiger partial charge is 0.187 e. The number of rotatable bonds is 4. The molecule has 1 unspecified atom stereocenters. The van der Waals surface area contributed by atoms with Crippen molar-refractivity contribution < 1.29 is 9.47 Å². The second-order valence-corrected chi connectivity index (χ2v) is 7.87. The number of hydrogen-bond acceptors (Lipinski definition) is 5. The van der Waals surface area contributed by atoms with Crippen LogP contribution in [0.3, 0.4) is 0 Å². The summed E-state index contributed by atoms with van der Waals surface area (Å²) in [7, 11) is 5.78. The van der Waals surface area contributed by atoms with Crippen molar-refractivity contribution in [2.24, 2.45) is 4.99 Å².